The predicted octanol–water partition coefficient (Wildman–Crippen LogP) is 3.13. The van der Waals surface area contributed by atoms with Crippen molar-refractivity contribution < 1.29 is 4.39 Å². The third-order valence-electron chi connectivity index (χ3n) is 2.59. The lowest BCUT2D eigenvalue weighted by Gasteiger charge is -2.08. The summed E-state index contributed by atoms with van der Waals surface area (Å²) >= 11 is 0. The minimum absolute atomic E-state index is 0.241. The Labute approximate surface area is 99.4 Å². The van der Waals surface area contributed by atoms with Crippen LogP contribution in [0, 0.1) is 18.2 Å². The van der Waals surface area contributed by atoms with E-state index in [-0.39, 0.29) is 11.5 Å². The van der Waals surface area contributed by atoms with E-state index in [1.807, 2.05) is 19.1 Å². The summed E-state index contributed by atoms with van der Waals surface area (Å²) < 4.78 is 13.1. The van der Waals surface area contributed by atoms with E-state index in [1.165, 1.54) is 12.1 Å². The van der Waals surface area contributed by atoms with Crippen LogP contribution >= 0.6 is 0 Å². The summed E-state index contributed by atoms with van der Waals surface area (Å²) in [4.78, 5) is 0. The van der Waals surface area contributed by atoms with E-state index >= 15 is 0 Å². The number of hydrogen-bond acceptors (Lipinski definition) is 2. The van der Waals surface area contributed by atoms with Gasteiger partial charge in [0.25, 0.3) is 0 Å². The Balaban J connectivity index is 2.47. The standard InChI is InChI=1S/C14H13FN2/c1-9-5-6-13(16)12(7-9)14(17)10-3-2-4-11(15)8-10/h2-8,17H,16H2,1H3. The van der Waals surface area contributed by atoms with Gasteiger partial charge in [-0.15, -0.1) is 0 Å². The van der Waals surface area contributed by atoms with Crippen molar-refractivity contribution in [2.45, 2.75) is 6.92 Å². The van der Waals surface area contributed by atoms with Crippen molar-refractivity contribution in [2.24, 2.45) is 0 Å². The van der Waals surface area contributed by atoms with Gasteiger partial charge in [0.15, 0.2) is 0 Å². The van der Waals surface area contributed by atoms with Gasteiger partial charge in [-0.1, -0.05) is 23.8 Å². The molecule has 0 fully saturated rings. The first kappa shape index (κ1) is 11.3. The Hall–Kier alpha value is -2.16. The lowest BCUT2D eigenvalue weighted by Crippen LogP contribution is -2.06. The predicted molar refractivity (Wildman–Crippen MR) is 67.9 cm³/mol. The molecule has 0 amide bonds. The molecule has 86 valence electrons. The van der Waals surface area contributed by atoms with Crippen molar-refractivity contribution in [1.82, 2.24) is 0 Å². The zero-order valence-electron chi connectivity index (χ0n) is 9.50. The third kappa shape index (κ3) is 2.33. The minimum atomic E-state index is -0.349. The van der Waals surface area contributed by atoms with Crippen LogP contribution in [0.3, 0.4) is 0 Å². The number of halogens is 1. The van der Waals surface area contributed by atoms with Crippen molar-refractivity contribution in [3.8, 4) is 0 Å². The number of hydrogen-bond donors (Lipinski definition) is 2. The van der Waals surface area contributed by atoms with Crippen molar-refractivity contribution in [2.75, 3.05) is 5.73 Å². The van der Waals surface area contributed by atoms with Crippen LogP contribution in [0.25, 0.3) is 0 Å². The lowest BCUT2D eigenvalue weighted by atomic mass is 9.99. The van der Waals surface area contributed by atoms with Gasteiger partial charge in [0, 0.05) is 16.8 Å². The zero-order valence-corrected chi connectivity index (χ0v) is 9.50. The summed E-state index contributed by atoms with van der Waals surface area (Å²) in [5.74, 6) is -0.349. The Morgan fingerprint density at radius 3 is 2.65 bits per heavy atom. The third-order valence-corrected chi connectivity index (χ3v) is 2.59. The van der Waals surface area contributed by atoms with Crippen LogP contribution in [-0.2, 0) is 0 Å². The van der Waals surface area contributed by atoms with E-state index < -0.39 is 0 Å². The van der Waals surface area contributed by atoms with Gasteiger partial charge in [-0.2, -0.15) is 0 Å². The van der Waals surface area contributed by atoms with Crippen LogP contribution in [0.1, 0.15) is 16.7 Å². The summed E-state index contributed by atoms with van der Waals surface area (Å²) in [6.45, 7) is 1.93. The number of rotatable bonds is 2. The molecule has 0 heterocycles. The van der Waals surface area contributed by atoms with Crippen molar-refractivity contribution >= 4 is 11.4 Å². The van der Waals surface area contributed by atoms with Gasteiger partial charge in [-0.3, -0.25) is 5.41 Å². The van der Waals surface area contributed by atoms with E-state index in [4.69, 9.17) is 11.1 Å². The molecule has 0 aromatic heterocycles. The van der Waals surface area contributed by atoms with Crippen molar-refractivity contribution in [3.05, 3.63) is 65.0 Å². The molecule has 0 atom stereocenters. The van der Waals surface area contributed by atoms with Crippen LogP contribution in [0.5, 0.6) is 0 Å². The fraction of sp³-hybridized carbons (Fsp3) is 0.0714. The molecule has 0 aliphatic carbocycles. The van der Waals surface area contributed by atoms with E-state index in [2.05, 4.69) is 0 Å². The Morgan fingerprint density at radius 2 is 1.94 bits per heavy atom. The maximum Gasteiger partial charge on any atom is 0.123 e. The topological polar surface area (TPSA) is 49.9 Å². The van der Waals surface area contributed by atoms with Gasteiger partial charge >= 0.3 is 0 Å². The number of benzene rings is 2. The van der Waals surface area contributed by atoms with Crippen LogP contribution in [0.2, 0.25) is 0 Å². The monoisotopic (exact) mass is 228 g/mol. The highest BCUT2D eigenvalue weighted by Crippen LogP contribution is 2.18. The first-order valence-electron chi connectivity index (χ1n) is 5.29. The molecule has 2 aromatic rings. The number of nitrogens with one attached hydrogen (secondary N) is 1. The minimum Gasteiger partial charge on any atom is -0.398 e. The van der Waals surface area contributed by atoms with Gasteiger partial charge in [0.2, 0.25) is 0 Å². The normalized spacial score (nSPS) is 10.2. The summed E-state index contributed by atoms with van der Waals surface area (Å²) in [6.07, 6.45) is 0. The highest BCUT2D eigenvalue weighted by Gasteiger charge is 2.09. The molecule has 0 bridgehead atoms. The maximum absolute atomic E-state index is 13.1. The van der Waals surface area contributed by atoms with E-state index in [0.29, 0.717) is 16.8 Å². The largest absolute Gasteiger partial charge is 0.398 e. The Morgan fingerprint density at radius 1 is 1.18 bits per heavy atom. The van der Waals surface area contributed by atoms with Gasteiger partial charge in [-0.05, 0) is 31.2 Å². The SMILES string of the molecule is Cc1ccc(N)c(C(=N)c2cccc(F)c2)c1. The molecule has 0 aliphatic rings. The molecular weight excluding hydrogens is 215 g/mol. The molecule has 2 nitrogen and oxygen atoms in total. The zero-order chi connectivity index (χ0) is 12.4. The maximum atomic E-state index is 13.1. The Kier molecular flexibility index (Phi) is 2.91. The summed E-state index contributed by atoms with van der Waals surface area (Å²) in [7, 11) is 0. The number of nitrogen functional groups attached to an aromatic ring is 1. The smallest absolute Gasteiger partial charge is 0.123 e. The first-order chi connectivity index (χ1) is 8.08. The summed E-state index contributed by atoms with van der Waals surface area (Å²) in [5, 5.41) is 8.06. The first-order valence-corrected chi connectivity index (χ1v) is 5.29. The van der Waals surface area contributed by atoms with Gasteiger partial charge in [-0.25, -0.2) is 4.39 Å². The molecule has 17 heavy (non-hydrogen) atoms. The fourth-order valence-corrected chi connectivity index (χ4v) is 1.69. The van der Waals surface area contributed by atoms with Crippen LogP contribution in [0.15, 0.2) is 42.5 Å². The average Bonchev–Trinajstić information content (AvgIpc) is 2.31. The second kappa shape index (κ2) is 4.37. The second-order valence-electron chi connectivity index (χ2n) is 3.98. The number of nitrogens with two attached hydrogens (primary N) is 1. The van der Waals surface area contributed by atoms with Gasteiger partial charge in [0.05, 0.1) is 5.71 Å². The Bertz CT molecular complexity index is 576. The van der Waals surface area contributed by atoms with Gasteiger partial charge < -0.3 is 5.73 Å². The molecular formula is C14H13FN2. The molecule has 2 rings (SSSR count). The van der Waals surface area contributed by atoms with Gasteiger partial charge in [0.1, 0.15) is 5.82 Å². The molecule has 0 radical (unpaired) electrons. The van der Waals surface area contributed by atoms with Crippen LogP contribution < -0.4 is 5.73 Å². The van der Waals surface area contributed by atoms with Crippen LogP contribution in [0.4, 0.5) is 10.1 Å². The van der Waals surface area contributed by atoms with E-state index in [9.17, 15) is 4.39 Å². The van der Waals surface area contributed by atoms with Crippen molar-refractivity contribution in [3.63, 3.8) is 0 Å². The van der Waals surface area contributed by atoms with E-state index in [0.717, 1.165) is 5.56 Å². The molecule has 0 saturated heterocycles. The lowest BCUT2D eigenvalue weighted by molar-refractivity contribution is 0.627. The number of aryl methyl sites for hydroxylation is 1. The molecule has 3 N–H and O–H groups in total. The average molecular weight is 228 g/mol. The molecule has 0 saturated carbocycles. The molecule has 3 heteroatoms. The molecule has 0 aliphatic heterocycles. The molecule has 0 spiro atoms. The highest BCUT2D eigenvalue weighted by atomic mass is 19.1. The fourth-order valence-electron chi connectivity index (χ4n) is 1.69. The quantitative estimate of drug-likeness (QED) is 0.602. The summed E-state index contributed by atoms with van der Waals surface area (Å²) in [6, 6.07) is 11.5. The number of anilines is 1. The summed E-state index contributed by atoms with van der Waals surface area (Å²) in [5.41, 5.74) is 8.79. The van der Waals surface area contributed by atoms with E-state index in [1.54, 1.807) is 18.2 Å². The second-order valence-corrected chi connectivity index (χ2v) is 3.98. The molecule has 0 unspecified atom stereocenters. The highest BCUT2D eigenvalue weighted by molar-refractivity contribution is 6.13. The van der Waals surface area contributed by atoms with Crippen molar-refractivity contribution in [1.29, 1.82) is 5.41 Å². The molecule has 2 aromatic carbocycles. The van der Waals surface area contributed by atoms with Crippen LogP contribution in [-0.4, -0.2) is 5.71 Å².